The predicted octanol–water partition coefficient (Wildman–Crippen LogP) is 4.52. The summed E-state index contributed by atoms with van der Waals surface area (Å²) in [5, 5.41) is 0.198. The summed E-state index contributed by atoms with van der Waals surface area (Å²) in [6.45, 7) is 9.82. The number of ether oxygens (including phenoxy) is 1. The lowest BCUT2D eigenvalue weighted by molar-refractivity contribution is 0.0964. The molecule has 0 saturated carbocycles. The van der Waals surface area contributed by atoms with Crippen molar-refractivity contribution < 1.29 is 13.2 Å². The summed E-state index contributed by atoms with van der Waals surface area (Å²) in [6, 6.07) is 13.5. The van der Waals surface area contributed by atoms with Crippen molar-refractivity contribution in [3.8, 4) is 17.1 Å². The summed E-state index contributed by atoms with van der Waals surface area (Å²) in [4.78, 5) is 13.3. The third kappa shape index (κ3) is 6.34. The van der Waals surface area contributed by atoms with Crippen LogP contribution >= 0.6 is 11.6 Å². The van der Waals surface area contributed by atoms with Crippen LogP contribution in [0.25, 0.3) is 11.3 Å². The molecular weight excluding hydrogens is 498 g/mol. The molecule has 3 aromatic rings. The number of piperazine rings is 1. The van der Waals surface area contributed by atoms with Crippen molar-refractivity contribution in [1.82, 2.24) is 19.8 Å². The van der Waals surface area contributed by atoms with E-state index in [-0.39, 0.29) is 15.8 Å². The zero-order valence-corrected chi connectivity index (χ0v) is 22.4. The van der Waals surface area contributed by atoms with Crippen LogP contribution in [0, 0.1) is 0 Å². The smallest absolute Gasteiger partial charge is 0.267 e. The van der Waals surface area contributed by atoms with Gasteiger partial charge in [0.25, 0.3) is 10.0 Å². The number of halogens is 1. The maximum absolute atomic E-state index is 13.0. The Balaban J connectivity index is 1.43. The van der Waals surface area contributed by atoms with Gasteiger partial charge in [0.15, 0.2) is 4.90 Å². The second-order valence-corrected chi connectivity index (χ2v) is 11.0. The van der Waals surface area contributed by atoms with Gasteiger partial charge in [-0.05, 0) is 37.1 Å². The number of aromatic nitrogens is 2. The van der Waals surface area contributed by atoms with Crippen molar-refractivity contribution >= 4 is 27.3 Å². The molecule has 1 aliphatic heterocycles. The summed E-state index contributed by atoms with van der Waals surface area (Å²) in [7, 11) is -2.61. The average Bonchev–Trinajstić information content (AvgIpc) is 2.89. The fraction of sp³-hybridized carbons (Fsp3) is 0.385. The van der Waals surface area contributed by atoms with E-state index in [1.165, 1.54) is 31.4 Å². The van der Waals surface area contributed by atoms with Gasteiger partial charge < -0.3 is 4.74 Å². The maximum atomic E-state index is 13.0. The lowest BCUT2D eigenvalue weighted by Crippen LogP contribution is -2.48. The monoisotopic (exact) mass is 529 g/mol. The zero-order chi connectivity index (χ0) is 25.7. The summed E-state index contributed by atoms with van der Waals surface area (Å²) in [5.74, 6) is -0.0296. The molecule has 0 spiro atoms. The average molecular weight is 530 g/mol. The molecule has 2 aromatic heterocycles. The minimum absolute atomic E-state index is 0.0296. The molecule has 0 aliphatic carbocycles. The van der Waals surface area contributed by atoms with Crippen LogP contribution in [0.15, 0.2) is 59.8 Å². The number of hydrogen-bond acceptors (Lipinski definition) is 7. The Labute approximate surface area is 218 Å². The van der Waals surface area contributed by atoms with Crippen molar-refractivity contribution in [3.63, 3.8) is 0 Å². The number of hydrogen-bond donors (Lipinski definition) is 1. The molecule has 1 aromatic carbocycles. The van der Waals surface area contributed by atoms with Gasteiger partial charge in [0.05, 0.1) is 23.5 Å². The number of sulfonamides is 1. The fourth-order valence-corrected chi connectivity index (χ4v) is 5.69. The van der Waals surface area contributed by atoms with Crippen molar-refractivity contribution in [2.24, 2.45) is 0 Å². The number of anilines is 1. The van der Waals surface area contributed by atoms with Gasteiger partial charge in [-0.3, -0.25) is 19.5 Å². The molecule has 1 atom stereocenters. The Morgan fingerprint density at radius 2 is 1.81 bits per heavy atom. The molecule has 36 heavy (non-hydrogen) atoms. The minimum atomic E-state index is -3.97. The van der Waals surface area contributed by atoms with Gasteiger partial charge >= 0.3 is 0 Å². The number of nitrogens with zero attached hydrogens (tertiary/aromatic N) is 4. The van der Waals surface area contributed by atoms with Crippen LogP contribution in [-0.2, 0) is 16.6 Å². The van der Waals surface area contributed by atoms with Crippen LogP contribution in [0.4, 0.5) is 5.69 Å². The van der Waals surface area contributed by atoms with Crippen molar-refractivity contribution in [2.75, 3.05) is 38.0 Å². The van der Waals surface area contributed by atoms with Gasteiger partial charge in [-0.1, -0.05) is 42.8 Å². The Morgan fingerprint density at radius 3 is 2.47 bits per heavy atom. The number of nitrogens with one attached hydrogen (secondary N) is 1. The van der Waals surface area contributed by atoms with Crippen LogP contribution in [-0.4, -0.2) is 67.5 Å². The summed E-state index contributed by atoms with van der Waals surface area (Å²) in [6.07, 6.45) is 4.09. The third-order valence-electron chi connectivity index (χ3n) is 6.56. The lowest BCUT2D eigenvalue weighted by Gasteiger charge is -2.37. The molecule has 1 N–H and O–H groups in total. The number of benzene rings is 1. The first kappa shape index (κ1) is 26.3. The molecule has 8 nitrogen and oxygen atoms in total. The lowest BCUT2D eigenvalue weighted by atomic mass is 10.1. The molecule has 1 aliphatic rings. The second-order valence-electron chi connectivity index (χ2n) is 8.96. The quantitative estimate of drug-likeness (QED) is 0.436. The number of methoxy groups -OCH3 is 1. The van der Waals surface area contributed by atoms with E-state index in [0.717, 1.165) is 38.3 Å². The van der Waals surface area contributed by atoms with Crippen molar-refractivity contribution in [1.29, 1.82) is 0 Å². The first-order chi connectivity index (χ1) is 17.3. The highest BCUT2D eigenvalue weighted by Gasteiger charge is 2.22. The summed E-state index contributed by atoms with van der Waals surface area (Å²) < 4.78 is 33.6. The molecular formula is C26H32ClN5O3S. The van der Waals surface area contributed by atoms with Crippen LogP contribution < -0.4 is 9.46 Å². The first-order valence-corrected chi connectivity index (χ1v) is 13.9. The molecule has 0 amide bonds. The number of pyridine rings is 2. The van der Waals surface area contributed by atoms with Gasteiger partial charge in [0.2, 0.25) is 5.88 Å². The highest BCUT2D eigenvalue weighted by Crippen LogP contribution is 2.28. The molecule has 1 fully saturated rings. The SMILES string of the molecule is CCC(C)N1CCN(Cc2ccc(-c3cc(NS(=O)(=O)c4cc(Cl)cnc4OC)ccn3)cc2)CC1. The molecule has 0 bridgehead atoms. The summed E-state index contributed by atoms with van der Waals surface area (Å²) in [5.41, 5.74) is 3.20. The molecule has 3 heterocycles. The topological polar surface area (TPSA) is 87.7 Å². The molecule has 4 rings (SSSR count). The maximum Gasteiger partial charge on any atom is 0.267 e. The first-order valence-electron chi connectivity index (χ1n) is 12.0. The van der Waals surface area contributed by atoms with E-state index in [2.05, 4.69) is 50.5 Å². The fourth-order valence-electron chi connectivity index (χ4n) is 4.28. The van der Waals surface area contributed by atoms with Gasteiger partial charge in [-0.2, -0.15) is 0 Å². The largest absolute Gasteiger partial charge is 0.480 e. The van der Waals surface area contributed by atoms with E-state index in [1.54, 1.807) is 18.3 Å². The summed E-state index contributed by atoms with van der Waals surface area (Å²) >= 11 is 5.96. The van der Waals surface area contributed by atoms with Crippen LogP contribution in [0.3, 0.4) is 0 Å². The van der Waals surface area contributed by atoms with Gasteiger partial charge in [0, 0.05) is 56.7 Å². The van der Waals surface area contributed by atoms with Gasteiger partial charge in [0.1, 0.15) is 0 Å². The molecule has 1 saturated heterocycles. The van der Waals surface area contributed by atoms with E-state index in [1.807, 2.05) is 12.1 Å². The predicted molar refractivity (Wildman–Crippen MR) is 143 cm³/mol. The van der Waals surface area contributed by atoms with Gasteiger partial charge in [-0.15, -0.1) is 0 Å². The second kappa shape index (κ2) is 11.6. The Morgan fingerprint density at radius 1 is 1.08 bits per heavy atom. The molecule has 1 unspecified atom stereocenters. The Kier molecular flexibility index (Phi) is 8.46. The van der Waals surface area contributed by atoms with E-state index in [9.17, 15) is 8.42 Å². The zero-order valence-electron chi connectivity index (χ0n) is 20.8. The highest BCUT2D eigenvalue weighted by atomic mass is 35.5. The third-order valence-corrected chi connectivity index (χ3v) is 8.14. The standard InChI is InChI=1S/C26H32ClN5O3S/c1-4-19(2)32-13-11-31(12-14-32)18-20-5-7-21(8-6-20)24-16-23(9-10-28-24)30-36(33,34)25-15-22(27)17-29-26(25)35-3/h5-10,15-17,19H,4,11-14,18H2,1-3H3,(H,28,30). The minimum Gasteiger partial charge on any atom is -0.480 e. The molecule has 192 valence electrons. The molecule has 0 radical (unpaired) electrons. The van der Waals surface area contributed by atoms with E-state index in [0.29, 0.717) is 17.4 Å². The van der Waals surface area contributed by atoms with Crippen molar-refractivity contribution in [2.45, 2.75) is 37.8 Å². The van der Waals surface area contributed by atoms with Crippen LogP contribution in [0.5, 0.6) is 5.88 Å². The Bertz CT molecular complexity index is 1280. The van der Waals surface area contributed by atoms with E-state index in [4.69, 9.17) is 16.3 Å². The van der Waals surface area contributed by atoms with E-state index >= 15 is 0 Å². The van der Waals surface area contributed by atoms with Crippen molar-refractivity contribution in [3.05, 3.63) is 65.4 Å². The highest BCUT2D eigenvalue weighted by molar-refractivity contribution is 7.92. The molecule has 10 heteroatoms. The van der Waals surface area contributed by atoms with Crippen LogP contribution in [0.1, 0.15) is 25.8 Å². The van der Waals surface area contributed by atoms with Gasteiger partial charge in [-0.25, -0.2) is 13.4 Å². The normalized spacial score (nSPS) is 16.0. The Hall–Kier alpha value is -2.72. The van der Waals surface area contributed by atoms with E-state index < -0.39 is 10.0 Å². The number of rotatable bonds is 9. The van der Waals surface area contributed by atoms with Crippen LogP contribution in [0.2, 0.25) is 5.02 Å².